The largest absolute Gasteiger partial charge is 0.464 e. The minimum absolute atomic E-state index is 0.0699. The Balaban J connectivity index is 1.17. The van der Waals surface area contributed by atoms with Crippen LogP contribution in [0, 0.1) is 17.3 Å². The number of rotatable bonds is 10. The number of aryl methyl sites for hydroxylation is 1. The molecule has 4 aliphatic heterocycles. The average Bonchev–Trinajstić information content (AvgIpc) is 3.88. The summed E-state index contributed by atoms with van der Waals surface area (Å²) in [5, 5.41) is 5.69. The molecule has 2 N–H and O–H groups in total. The van der Waals surface area contributed by atoms with E-state index in [0.717, 1.165) is 63.1 Å². The van der Waals surface area contributed by atoms with Crippen LogP contribution in [0.15, 0.2) is 60.8 Å². The summed E-state index contributed by atoms with van der Waals surface area (Å²) in [4.78, 5) is 65.9. The minimum atomic E-state index is -0.999. The molecule has 5 atom stereocenters. The summed E-state index contributed by atoms with van der Waals surface area (Å²) >= 11 is 0. The standard InChI is InChI=1S/C51H67N7O7/c1-9-57-43-18-17-35-25-39(43)40(46(57)38-15-11-20-52-44(38)32(4)63-8)26-51(5,6)30-65-50(62)41-16-12-21-58(54-41)49(61)42(24-33-13-10-14-34(35)23-33)53-47(59)45(31(2)3)55(7)48(60)36-19-22-56(27-36)37-28-64-29-37/h10-11,13-15,17-18,20,23,25,31-32,36-37,41-42,45,54H,9,12,16,19,21-22,24,26-30H2,1-8H3,(H,53,59)/t32-,36+,41-,42-,45-/m0/s1. The Labute approximate surface area is 383 Å². The van der Waals surface area contributed by atoms with Gasteiger partial charge in [-0.05, 0) is 98.5 Å². The van der Waals surface area contributed by atoms with Gasteiger partial charge in [0, 0.05) is 68.3 Å². The number of esters is 1. The molecule has 6 bridgehead atoms. The van der Waals surface area contributed by atoms with E-state index in [1.54, 1.807) is 25.3 Å². The maximum atomic E-state index is 14.7. The van der Waals surface area contributed by atoms with Crippen LogP contribution >= 0.6 is 0 Å². The monoisotopic (exact) mass is 890 g/mol. The molecule has 14 heteroatoms. The van der Waals surface area contributed by atoms with Crippen molar-refractivity contribution in [1.82, 2.24) is 35.1 Å². The summed E-state index contributed by atoms with van der Waals surface area (Å²) in [6.45, 7) is 16.3. The second-order valence-corrected chi connectivity index (χ2v) is 19.7. The fourth-order valence-corrected chi connectivity index (χ4v) is 10.3. The van der Waals surface area contributed by atoms with Crippen molar-refractivity contribution in [2.24, 2.45) is 17.3 Å². The maximum absolute atomic E-state index is 14.7. The number of hydrazine groups is 1. The first kappa shape index (κ1) is 46.4. The number of hydrogen-bond donors (Lipinski definition) is 2. The quantitative estimate of drug-likeness (QED) is 0.183. The molecule has 348 valence electrons. The van der Waals surface area contributed by atoms with Crippen LogP contribution in [-0.2, 0) is 52.8 Å². The summed E-state index contributed by atoms with van der Waals surface area (Å²) in [6.07, 6.45) is 4.15. The van der Waals surface area contributed by atoms with Crippen LogP contribution in [-0.4, -0.2) is 126 Å². The van der Waals surface area contributed by atoms with E-state index in [1.165, 1.54) is 5.01 Å². The number of pyridine rings is 1. The van der Waals surface area contributed by atoms with Gasteiger partial charge in [0.05, 0.1) is 49.3 Å². The molecular weight excluding hydrogens is 823 g/mol. The summed E-state index contributed by atoms with van der Waals surface area (Å²) < 4.78 is 19.7. The Morgan fingerprint density at radius 3 is 2.54 bits per heavy atom. The van der Waals surface area contributed by atoms with Gasteiger partial charge >= 0.3 is 5.97 Å². The van der Waals surface area contributed by atoms with Crippen molar-refractivity contribution < 1.29 is 33.4 Å². The lowest BCUT2D eigenvalue weighted by atomic mass is 9.84. The lowest BCUT2D eigenvalue weighted by Gasteiger charge is -2.37. The number of hydrogen-bond acceptors (Lipinski definition) is 10. The van der Waals surface area contributed by atoms with Gasteiger partial charge in [-0.25, -0.2) is 5.43 Å². The molecule has 3 fully saturated rings. The van der Waals surface area contributed by atoms with Crippen LogP contribution in [0.4, 0.5) is 0 Å². The molecular formula is C51H67N7O7. The predicted octanol–water partition coefficient (Wildman–Crippen LogP) is 5.95. The topological polar surface area (TPSA) is 148 Å². The number of amides is 3. The lowest BCUT2D eigenvalue weighted by molar-refractivity contribution is -0.155. The summed E-state index contributed by atoms with van der Waals surface area (Å²) in [7, 11) is 3.40. The Morgan fingerprint density at radius 1 is 1.03 bits per heavy atom. The predicted molar refractivity (Wildman–Crippen MR) is 249 cm³/mol. The zero-order valence-electron chi connectivity index (χ0n) is 39.4. The number of methoxy groups -OCH3 is 1. The number of fused-ring (bicyclic) bond motifs is 6. The van der Waals surface area contributed by atoms with Crippen molar-refractivity contribution in [2.45, 2.75) is 110 Å². The Morgan fingerprint density at radius 2 is 1.82 bits per heavy atom. The third-order valence-electron chi connectivity index (χ3n) is 14.0. The Bertz CT molecular complexity index is 2410. The van der Waals surface area contributed by atoms with Crippen LogP contribution in [0.5, 0.6) is 0 Å². The van der Waals surface area contributed by atoms with E-state index in [9.17, 15) is 19.2 Å². The highest BCUT2D eigenvalue weighted by molar-refractivity contribution is 5.96. The molecule has 4 aliphatic rings. The van der Waals surface area contributed by atoms with Crippen LogP contribution < -0.4 is 10.7 Å². The molecule has 3 saturated heterocycles. The second kappa shape index (κ2) is 19.4. The fourth-order valence-electron chi connectivity index (χ4n) is 10.3. The number of likely N-dealkylation sites (tertiary alicyclic amines) is 1. The Kier molecular flexibility index (Phi) is 13.8. The minimum Gasteiger partial charge on any atom is -0.464 e. The molecule has 0 radical (unpaired) electrons. The molecule has 2 aromatic heterocycles. The SMILES string of the molecule is CCn1c(-c2cccnc2[C@H](C)OC)c2c3cc(ccc31)-c1cccc(c1)C[C@H](NC(=O)[C@H](C(C)C)N(C)C(=O)[C@@H]1CCN(C3COC3)C1)C(=O)N1CCC[C@H](N1)C(=O)OCC(C)(C)C2. The third kappa shape index (κ3) is 9.59. The van der Waals surface area contributed by atoms with Gasteiger partial charge in [0.1, 0.15) is 18.1 Å². The summed E-state index contributed by atoms with van der Waals surface area (Å²) in [6, 6.07) is 16.6. The van der Waals surface area contributed by atoms with Crippen molar-refractivity contribution in [3.63, 3.8) is 0 Å². The zero-order valence-corrected chi connectivity index (χ0v) is 39.4. The highest BCUT2D eigenvalue weighted by atomic mass is 16.5. The molecule has 0 unspecified atom stereocenters. The van der Waals surface area contributed by atoms with Crippen LogP contribution in [0.25, 0.3) is 33.3 Å². The Hall–Kier alpha value is -5.15. The summed E-state index contributed by atoms with van der Waals surface area (Å²) in [5.41, 5.74) is 10.7. The first-order valence-corrected chi connectivity index (χ1v) is 23.5. The van der Waals surface area contributed by atoms with Gasteiger partial charge in [0.25, 0.3) is 5.91 Å². The van der Waals surface area contributed by atoms with E-state index in [2.05, 4.69) is 77.4 Å². The number of ether oxygens (including phenoxy) is 3. The van der Waals surface area contributed by atoms with Gasteiger partial charge in [-0.15, -0.1) is 0 Å². The van der Waals surface area contributed by atoms with Gasteiger partial charge in [-0.1, -0.05) is 58.0 Å². The van der Waals surface area contributed by atoms with E-state index in [0.29, 0.717) is 58.2 Å². The van der Waals surface area contributed by atoms with Crippen LogP contribution in [0.2, 0.25) is 0 Å². The van der Waals surface area contributed by atoms with Gasteiger partial charge < -0.3 is 29.0 Å². The molecule has 4 aromatic rings. The van der Waals surface area contributed by atoms with Crippen LogP contribution in [0.3, 0.4) is 0 Å². The number of nitrogens with one attached hydrogen (secondary N) is 2. The zero-order chi connectivity index (χ0) is 46.2. The van der Waals surface area contributed by atoms with E-state index >= 15 is 0 Å². The first-order valence-electron chi connectivity index (χ1n) is 23.5. The molecule has 6 heterocycles. The van der Waals surface area contributed by atoms with E-state index < -0.39 is 35.4 Å². The molecule has 0 saturated carbocycles. The van der Waals surface area contributed by atoms with Gasteiger partial charge in [0.2, 0.25) is 11.8 Å². The number of cyclic esters (lactones) is 1. The molecule has 8 rings (SSSR count). The highest BCUT2D eigenvalue weighted by Crippen LogP contribution is 2.42. The van der Waals surface area contributed by atoms with E-state index in [1.807, 2.05) is 39.0 Å². The number of carbonyl (C=O) groups is 4. The van der Waals surface area contributed by atoms with Crippen molar-refractivity contribution in [3.05, 3.63) is 77.6 Å². The molecule has 65 heavy (non-hydrogen) atoms. The lowest BCUT2D eigenvalue weighted by Crippen LogP contribution is -2.62. The number of carbonyl (C=O) groups excluding carboxylic acids is 4. The number of aromatic nitrogens is 2. The molecule has 0 spiro atoms. The van der Waals surface area contributed by atoms with E-state index in [-0.39, 0.29) is 42.8 Å². The highest BCUT2D eigenvalue weighted by Gasteiger charge is 2.41. The van der Waals surface area contributed by atoms with Gasteiger partial charge in [-0.2, -0.15) is 0 Å². The normalized spacial score (nSPS) is 22.8. The number of benzene rings is 2. The van der Waals surface area contributed by atoms with Crippen molar-refractivity contribution in [2.75, 3.05) is 53.6 Å². The molecule has 14 nitrogen and oxygen atoms in total. The molecule has 3 amide bonds. The average molecular weight is 890 g/mol. The van der Waals surface area contributed by atoms with Crippen molar-refractivity contribution >= 4 is 34.6 Å². The van der Waals surface area contributed by atoms with Crippen molar-refractivity contribution in [1.29, 1.82) is 0 Å². The smallest absolute Gasteiger partial charge is 0.324 e. The fraction of sp³-hybridized carbons (Fsp3) is 0.549. The van der Waals surface area contributed by atoms with Crippen molar-refractivity contribution in [3.8, 4) is 22.4 Å². The maximum Gasteiger partial charge on any atom is 0.324 e. The molecule has 0 aliphatic carbocycles. The second-order valence-electron chi connectivity index (χ2n) is 19.7. The van der Waals surface area contributed by atoms with E-state index in [4.69, 9.17) is 19.2 Å². The van der Waals surface area contributed by atoms with Gasteiger partial charge in [-0.3, -0.25) is 34.1 Å². The summed E-state index contributed by atoms with van der Waals surface area (Å²) in [5.74, 6) is -1.70. The van der Waals surface area contributed by atoms with Gasteiger partial charge in [0.15, 0.2) is 0 Å². The third-order valence-corrected chi connectivity index (χ3v) is 14.0. The number of likely N-dealkylation sites (N-methyl/N-ethyl adjacent to an activating group) is 1. The molecule has 2 aromatic carbocycles. The van der Waals surface area contributed by atoms with Crippen LogP contribution in [0.1, 0.15) is 83.7 Å². The first-order chi connectivity index (χ1) is 31.2. The number of nitrogens with zero attached hydrogens (tertiary/aromatic N) is 5.